The highest BCUT2D eigenvalue weighted by molar-refractivity contribution is 6.35. The number of nitrogens with two attached hydrogens (primary N) is 1. The van der Waals surface area contributed by atoms with E-state index in [1.807, 2.05) is 17.6 Å². The van der Waals surface area contributed by atoms with E-state index >= 15 is 0 Å². The molecule has 3 aromatic rings. The van der Waals surface area contributed by atoms with Gasteiger partial charge in [0.2, 0.25) is 0 Å². The van der Waals surface area contributed by atoms with Crippen LogP contribution in [0.15, 0.2) is 24.4 Å². The van der Waals surface area contributed by atoms with Crippen LogP contribution < -0.4 is 16.0 Å². The van der Waals surface area contributed by atoms with Crippen molar-refractivity contribution in [1.82, 2.24) is 25.1 Å². The van der Waals surface area contributed by atoms with E-state index in [-0.39, 0.29) is 30.7 Å². The number of nitrogens with one attached hydrogen (secondary N) is 1. The summed E-state index contributed by atoms with van der Waals surface area (Å²) in [6.45, 7) is 2.90. The number of fused-ring (bicyclic) bond motifs is 2. The second-order valence-corrected chi connectivity index (χ2v) is 9.50. The Balaban J connectivity index is 1.24. The van der Waals surface area contributed by atoms with E-state index in [0.717, 1.165) is 11.3 Å². The Morgan fingerprint density at radius 2 is 2.11 bits per heavy atom. The standard InChI is InChI=1S/C23H25ClF3N7O2/c1-2-33-9-15(24)14-8-18(31-32-21(14)33)22(35)29-13-4-5-17-12(7-13)3-6-20(30-17)34-10-16(28)19(11-34)36-23(25,26)27/h3,6,8-9,13,16,19H,2,4-5,7,10-11,28H2,1H3,(H,29,35). The smallest absolute Gasteiger partial charge is 0.352 e. The van der Waals surface area contributed by atoms with E-state index in [0.29, 0.717) is 47.7 Å². The number of pyridine rings is 1. The van der Waals surface area contributed by atoms with E-state index in [1.54, 1.807) is 23.2 Å². The van der Waals surface area contributed by atoms with Crippen molar-refractivity contribution in [2.24, 2.45) is 5.73 Å². The van der Waals surface area contributed by atoms with Gasteiger partial charge in [0.25, 0.3) is 5.91 Å². The second-order valence-electron chi connectivity index (χ2n) is 9.09. The van der Waals surface area contributed by atoms with E-state index in [1.165, 1.54) is 0 Å². The van der Waals surface area contributed by atoms with Gasteiger partial charge in [0.15, 0.2) is 11.3 Å². The highest BCUT2D eigenvalue weighted by atomic mass is 35.5. The third-order valence-corrected chi connectivity index (χ3v) is 6.95. The Hall–Kier alpha value is -2.96. The predicted molar refractivity (Wildman–Crippen MR) is 127 cm³/mol. The zero-order valence-corrected chi connectivity index (χ0v) is 20.2. The monoisotopic (exact) mass is 523 g/mol. The molecule has 3 atom stereocenters. The molecule has 4 heterocycles. The third-order valence-electron chi connectivity index (χ3n) is 6.65. The number of carbonyl (C=O) groups is 1. The summed E-state index contributed by atoms with van der Waals surface area (Å²) in [5, 5.41) is 12.5. The van der Waals surface area contributed by atoms with Crippen molar-refractivity contribution in [2.45, 2.75) is 57.3 Å². The minimum Gasteiger partial charge on any atom is -0.352 e. The zero-order chi connectivity index (χ0) is 25.6. The summed E-state index contributed by atoms with van der Waals surface area (Å²) in [5.74, 6) is 0.240. The average molecular weight is 524 g/mol. The molecule has 192 valence electrons. The summed E-state index contributed by atoms with van der Waals surface area (Å²) in [6.07, 6.45) is -2.24. The first-order chi connectivity index (χ1) is 17.1. The fourth-order valence-corrected chi connectivity index (χ4v) is 5.09. The first-order valence-electron chi connectivity index (χ1n) is 11.7. The lowest BCUT2D eigenvalue weighted by Gasteiger charge is -2.26. The van der Waals surface area contributed by atoms with Crippen LogP contribution in [0, 0.1) is 0 Å². The Bertz CT molecular complexity index is 1300. The molecular formula is C23H25ClF3N7O2. The van der Waals surface area contributed by atoms with Gasteiger partial charge in [0.05, 0.1) is 11.1 Å². The number of hydrogen-bond donors (Lipinski definition) is 2. The number of aromatic nitrogens is 4. The van der Waals surface area contributed by atoms with E-state index in [9.17, 15) is 18.0 Å². The molecule has 3 unspecified atom stereocenters. The van der Waals surface area contributed by atoms with Gasteiger partial charge in [-0.05, 0) is 43.9 Å². The van der Waals surface area contributed by atoms with Gasteiger partial charge in [-0.3, -0.25) is 9.53 Å². The molecule has 2 aliphatic rings. The number of rotatable bonds is 5. The molecule has 0 radical (unpaired) electrons. The normalized spacial score (nSPS) is 22.2. The van der Waals surface area contributed by atoms with Crippen molar-refractivity contribution in [1.29, 1.82) is 0 Å². The molecule has 1 fully saturated rings. The van der Waals surface area contributed by atoms with Crippen LogP contribution in [0.3, 0.4) is 0 Å². The number of halogens is 4. The van der Waals surface area contributed by atoms with Gasteiger partial charge in [-0.25, -0.2) is 4.98 Å². The van der Waals surface area contributed by atoms with Gasteiger partial charge < -0.3 is 20.5 Å². The fourth-order valence-electron chi connectivity index (χ4n) is 4.83. The van der Waals surface area contributed by atoms with Crippen molar-refractivity contribution in [2.75, 3.05) is 18.0 Å². The summed E-state index contributed by atoms with van der Waals surface area (Å²) < 4.78 is 43.9. The second kappa shape index (κ2) is 9.49. The number of nitrogens with zero attached hydrogens (tertiary/aromatic N) is 5. The van der Waals surface area contributed by atoms with Crippen LogP contribution in [-0.4, -0.2) is 63.3 Å². The SMILES string of the molecule is CCn1cc(Cl)c2cc(C(=O)NC3CCc4nc(N5CC(N)C(OC(F)(F)F)C5)ccc4C3)nnc21. The lowest BCUT2D eigenvalue weighted by molar-refractivity contribution is -0.341. The number of amides is 1. The van der Waals surface area contributed by atoms with Gasteiger partial charge in [-0.2, -0.15) is 0 Å². The molecular weight excluding hydrogens is 499 g/mol. The molecule has 5 rings (SSSR count). The van der Waals surface area contributed by atoms with E-state index in [2.05, 4.69) is 25.2 Å². The molecule has 3 aromatic heterocycles. The fraction of sp³-hybridized carbons (Fsp3) is 0.478. The largest absolute Gasteiger partial charge is 0.522 e. The molecule has 0 saturated carbocycles. The lowest BCUT2D eigenvalue weighted by atomic mass is 9.91. The zero-order valence-electron chi connectivity index (χ0n) is 19.4. The minimum absolute atomic E-state index is 0.0161. The number of alkyl halides is 3. The Morgan fingerprint density at radius 1 is 1.31 bits per heavy atom. The highest BCUT2D eigenvalue weighted by Crippen LogP contribution is 2.29. The van der Waals surface area contributed by atoms with Crippen molar-refractivity contribution in [3.05, 3.63) is 46.4 Å². The van der Waals surface area contributed by atoms with Gasteiger partial charge in [0, 0.05) is 43.0 Å². The summed E-state index contributed by atoms with van der Waals surface area (Å²) in [5.41, 5.74) is 8.52. The molecule has 13 heteroatoms. The Morgan fingerprint density at radius 3 is 2.86 bits per heavy atom. The number of carbonyl (C=O) groups excluding carboxylic acids is 1. The number of hydrogen-bond acceptors (Lipinski definition) is 7. The maximum atomic E-state index is 12.9. The van der Waals surface area contributed by atoms with E-state index in [4.69, 9.17) is 17.3 Å². The Kier molecular flexibility index (Phi) is 6.52. The van der Waals surface area contributed by atoms with Crippen molar-refractivity contribution >= 4 is 34.4 Å². The van der Waals surface area contributed by atoms with E-state index < -0.39 is 18.5 Å². The quantitative estimate of drug-likeness (QED) is 0.529. The molecule has 9 nitrogen and oxygen atoms in total. The van der Waals surface area contributed by atoms with Gasteiger partial charge in [0.1, 0.15) is 11.9 Å². The lowest BCUT2D eigenvalue weighted by Crippen LogP contribution is -2.39. The van der Waals surface area contributed by atoms with Crippen molar-refractivity contribution in [3.63, 3.8) is 0 Å². The number of anilines is 1. The van der Waals surface area contributed by atoms with Crippen LogP contribution in [0.5, 0.6) is 0 Å². The molecule has 1 amide bonds. The Labute approximate surface area is 209 Å². The molecule has 0 bridgehead atoms. The first kappa shape index (κ1) is 24.7. The van der Waals surface area contributed by atoms with Crippen LogP contribution >= 0.6 is 11.6 Å². The summed E-state index contributed by atoms with van der Waals surface area (Å²) >= 11 is 6.29. The molecule has 1 aliphatic heterocycles. The van der Waals surface area contributed by atoms with Gasteiger partial charge in [-0.15, -0.1) is 23.4 Å². The molecule has 0 spiro atoms. The summed E-state index contributed by atoms with van der Waals surface area (Å²) in [4.78, 5) is 19.2. The van der Waals surface area contributed by atoms with Gasteiger partial charge in [-0.1, -0.05) is 17.7 Å². The van der Waals surface area contributed by atoms with Crippen LogP contribution in [0.25, 0.3) is 11.0 Å². The maximum absolute atomic E-state index is 12.9. The molecule has 1 saturated heterocycles. The van der Waals surface area contributed by atoms with Crippen LogP contribution in [0.1, 0.15) is 35.1 Å². The highest BCUT2D eigenvalue weighted by Gasteiger charge is 2.41. The molecule has 0 aromatic carbocycles. The average Bonchev–Trinajstić information content (AvgIpc) is 3.36. The topological polar surface area (TPSA) is 111 Å². The van der Waals surface area contributed by atoms with Crippen LogP contribution in [-0.2, 0) is 24.1 Å². The first-order valence-corrected chi connectivity index (χ1v) is 12.1. The minimum atomic E-state index is -4.73. The van der Waals surface area contributed by atoms with Crippen LogP contribution in [0.2, 0.25) is 5.02 Å². The van der Waals surface area contributed by atoms with Gasteiger partial charge >= 0.3 is 6.36 Å². The predicted octanol–water partition coefficient (Wildman–Crippen LogP) is 2.84. The van der Waals surface area contributed by atoms with Crippen LogP contribution in [0.4, 0.5) is 19.0 Å². The maximum Gasteiger partial charge on any atom is 0.522 e. The summed E-state index contributed by atoms with van der Waals surface area (Å²) in [6, 6.07) is 4.44. The third kappa shape index (κ3) is 4.97. The number of ether oxygens (including phenoxy) is 1. The van der Waals surface area contributed by atoms with Crippen molar-refractivity contribution < 1.29 is 22.7 Å². The summed E-state index contributed by atoms with van der Waals surface area (Å²) in [7, 11) is 0. The van der Waals surface area contributed by atoms with Crippen molar-refractivity contribution in [3.8, 4) is 0 Å². The molecule has 36 heavy (non-hydrogen) atoms. The number of aryl methyl sites for hydroxylation is 2. The molecule has 3 N–H and O–H groups in total. The molecule has 1 aliphatic carbocycles.